The number of halogens is 3. The molecule has 0 bridgehead atoms. The molecule has 0 radical (unpaired) electrons. The van der Waals surface area contributed by atoms with Crippen molar-refractivity contribution < 1.29 is 9.18 Å². The molecule has 3 nitrogen and oxygen atoms in total. The molecule has 1 aromatic carbocycles. The van der Waals surface area contributed by atoms with Crippen LogP contribution in [0, 0.1) is 5.82 Å². The lowest BCUT2D eigenvalue weighted by Gasteiger charge is -2.27. The fraction of sp³-hybridized carbons (Fsp3) is 0.364. The van der Waals surface area contributed by atoms with Crippen molar-refractivity contribution in [3.63, 3.8) is 0 Å². The Hall–Kier alpha value is -0.460. The van der Waals surface area contributed by atoms with Gasteiger partial charge in [-0.3, -0.25) is 4.79 Å². The van der Waals surface area contributed by atoms with Gasteiger partial charge in [-0.25, -0.2) is 4.39 Å². The Labute approximate surface area is 116 Å². The van der Waals surface area contributed by atoms with Gasteiger partial charge in [0.2, 0.25) is 0 Å². The van der Waals surface area contributed by atoms with E-state index >= 15 is 0 Å². The summed E-state index contributed by atoms with van der Waals surface area (Å²) in [5.74, 6) is -0.766. The minimum Gasteiger partial charge on any atom is -0.336 e. The third-order valence-corrected chi connectivity index (χ3v) is 3.71. The molecule has 2 rings (SSSR count). The minimum absolute atomic E-state index is 0.107. The molecule has 0 aromatic heterocycles. The lowest BCUT2D eigenvalue weighted by molar-refractivity contribution is 0.0730. The normalized spacial score (nSPS) is 16.1. The van der Waals surface area contributed by atoms with Crippen LogP contribution in [0.1, 0.15) is 10.4 Å². The number of nitrogens with one attached hydrogen (secondary N) is 1. The standard InChI is InChI=1S/C11H11Br2FN2O/c12-7-5-8(13)10(9(14)6-7)11(17)16-3-1-15-2-4-16/h5-6,15H,1-4H2. The highest BCUT2D eigenvalue weighted by Gasteiger charge is 2.23. The number of piperazine rings is 1. The largest absolute Gasteiger partial charge is 0.336 e. The summed E-state index contributed by atoms with van der Waals surface area (Å²) in [6.45, 7) is 2.73. The van der Waals surface area contributed by atoms with Crippen molar-refractivity contribution in [2.24, 2.45) is 0 Å². The molecule has 0 spiro atoms. The summed E-state index contributed by atoms with van der Waals surface area (Å²) in [4.78, 5) is 13.8. The Morgan fingerprint density at radius 2 is 1.94 bits per heavy atom. The molecule has 0 aliphatic carbocycles. The highest BCUT2D eigenvalue weighted by atomic mass is 79.9. The number of rotatable bonds is 1. The van der Waals surface area contributed by atoms with Crippen molar-refractivity contribution in [1.82, 2.24) is 10.2 Å². The van der Waals surface area contributed by atoms with Crippen LogP contribution in [0.25, 0.3) is 0 Å². The summed E-state index contributed by atoms with van der Waals surface area (Å²) < 4.78 is 14.9. The van der Waals surface area contributed by atoms with Gasteiger partial charge >= 0.3 is 0 Å². The van der Waals surface area contributed by atoms with Gasteiger partial charge in [-0.1, -0.05) is 15.9 Å². The van der Waals surface area contributed by atoms with E-state index in [2.05, 4.69) is 37.2 Å². The molecule has 1 fully saturated rings. The Bertz CT molecular complexity index is 424. The highest BCUT2D eigenvalue weighted by molar-refractivity contribution is 9.11. The zero-order chi connectivity index (χ0) is 12.4. The molecule has 1 aliphatic heterocycles. The van der Waals surface area contributed by atoms with Crippen LogP contribution in [0.3, 0.4) is 0 Å². The van der Waals surface area contributed by atoms with Gasteiger partial charge in [0.05, 0.1) is 5.56 Å². The van der Waals surface area contributed by atoms with E-state index in [9.17, 15) is 9.18 Å². The van der Waals surface area contributed by atoms with E-state index in [1.54, 1.807) is 11.0 Å². The van der Waals surface area contributed by atoms with Crippen LogP contribution in [-0.4, -0.2) is 37.0 Å². The van der Waals surface area contributed by atoms with Crippen LogP contribution in [-0.2, 0) is 0 Å². The predicted octanol–water partition coefficient (Wildman–Crippen LogP) is 2.40. The first kappa shape index (κ1) is 13.0. The van der Waals surface area contributed by atoms with Crippen molar-refractivity contribution in [1.29, 1.82) is 0 Å². The van der Waals surface area contributed by atoms with Crippen molar-refractivity contribution in [3.05, 3.63) is 32.5 Å². The molecule has 1 heterocycles. The maximum atomic E-state index is 13.8. The van der Waals surface area contributed by atoms with Gasteiger partial charge in [-0.15, -0.1) is 0 Å². The summed E-state index contributed by atoms with van der Waals surface area (Å²) in [5.41, 5.74) is 0.107. The fourth-order valence-electron chi connectivity index (χ4n) is 1.77. The van der Waals surface area contributed by atoms with Crippen molar-refractivity contribution >= 4 is 37.8 Å². The second kappa shape index (κ2) is 5.46. The Balaban J connectivity index is 2.30. The monoisotopic (exact) mass is 364 g/mol. The minimum atomic E-state index is -0.505. The lowest BCUT2D eigenvalue weighted by atomic mass is 10.1. The second-order valence-corrected chi connectivity index (χ2v) is 5.56. The summed E-state index contributed by atoms with van der Waals surface area (Å²) in [6.07, 6.45) is 0. The highest BCUT2D eigenvalue weighted by Crippen LogP contribution is 2.26. The molecule has 1 saturated heterocycles. The molecule has 1 N–H and O–H groups in total. The first-order chi connectivity index (χ1) is 8.09. The number of amides is 1. The van der Waals surface area contributed by atoms with E-state index in [4.69, 9.17) is 0 Å². The molecular weight excluding hydrogens is 355 g/mol. The van der Waals surface area contributed by atoms with Gasteiger partial charge in [-0.05, 0) is 28.1 Å². The number of carbonyl (C=O) groups is 1. The zero-order valence-electron chi connectivity index (χ0n) is 8.97. The predicted molar refractivity (Wildman–Crippen MR) is 70.6 cm³/mol. The van der Waals surface area contributed by atoms with Crippen molar-refractivity contribution in [2.45, 2.75) is 0 Å². The van der Waals surface area contributed by atoms with Gasteiger partial charge in [-0.2, -0.15) is 0 Å². The van der Waals surface area contributed by atoms with Crippen LogP contribution in [0.4, 0.5) is 4.39 Å². The summed E-state index contributed by atoms with van der Waals surface area (Å²) in [6, 6.07) is 2.98. The molecule has 92 valence electrons. The summed E-state index contributed by atoms with van der Waals surface area (Å²) in [5, 5.41) is 3.15. The fourth-order valence-corrected chi connectivity index (χ4v) is 3.12. The van der Waals surface area contributed by atoms with Gasteiger partial charge in [0.25, 0.3) is 5.91 Å². The average Bonchev–Trinajstić information content (AvgIpc) is 2.28. The van der Waals surface area contributed by atoms with E-state index in [1.807, 2.05) is 0 Å². The SMILES string of the molecule is O=C(c1c(F)cc(Br)cc1Br)N1CCNCC1. The van der Waals surface area contributed by atoms with Gasteiger partial charge in [0, 0.05) is 35.1 Å². The first-order valence-corrected chi connectivity index (χ1v) is 6.82. The molecule has 0 unspecified atom stereocenters. The van der Waals surface area contributed by atoms with E-state index < -0.39 is 5.82 Å². The summed E-state index contributed by atoms with van der Waals surface area (Å²) in [7, 11) is 0. The van der Waals surface area contributed by atoms with Crippen molar-refractivity contribution in [3.8, 4) is 0 Å². The molecular formula is C11H11Br2FN2O. The average molecular weight is 366 g/mol. The Kier molecular flexibility index (Phi) is 4.17. The quantitative estimate of drug-likeness (QED) is 0.828. The van der Waals surface area contributed by atoms with Gasteiger partial charge in [0.15, 0.2) is 0 Å². The van der Waals surface area contributed by atoms with E-state index in [1.165, 1.54) is 6.07 Å². The molecule has 1 aromatic rings. The number of benzene rings is 1. The topological polar surface area (TPSA) is 32.3 Å². The Morgan fingerprint density at radius 1 is 1.29 bits per heavy atom. The second-order valence-electron chi connectivity index (χ2n) is 3.79. The van der Waals surface area contributed by atoms with E-state index in [0.717, 1.165) is 13.1 Å². The smallest absolute Gasteiger partial charge is 0.258 e. The Morgan fingerprint density at radius 3 is 2.53 bits per heavy atom. The number of carbonyl (C=O) groups excluding carboxylic acids is 1. The lowest BCUT2D eigenvalue weighted by Crippen LogP contribution is -2.46. The molecule has 0 atom stereocenters. The third-order valence-electron chi connectivity index (χ3n) is 2.62. The number of nitrogens with zero attached hydrogens (tertiary/aromatic N) is 1. The van der Waals surface area contributed by atoms with Gasteiger partial charge in [0.1, 0.15) is 5.82 Å². The molecule has 17 heavy (non-hydrogen) atoms. The zero-order valence-corrected chi connectivity index (χ0v) is 12.1. The van der Waals surface area contributed by atoms with Crippen LogP contribution in [0.2, 0.25) is 0 Å². The molecule has 1 aliphatic rings. The van der Waals surface area contributed by atoms with E-state index in [-0.39, 0.29) is 11.5 Å². The maximum Gasteiger partial charge on any atom is 0.258 e. The van der Waals surface area contributed by atoms with Crippen LogP contribution in [0.15, 0.2) is 21.1 Å². The summed E-state index contributed by atoms with van der Waals surface area (Å²) >= 11 is 6.42. The molecule has 1 amide bonds. The van der Waals surface area contributed by atoms with Crippen LogP contribution in [0.5, 0.6) is 0 Å². The van der Waals surface area contributed by atoms with Crippen molar-refractivity contribution in [2.75, 3.05) is 26.2 Å². The van der Waals surface area contributed by atoms with Crippen LogP contribution < -0.4 is 5.32 Å². The maximum absolute atomic E-state index is 13.8. The van der Waals surface area contributed by atoms with E-state index in [0.29, 0.717) is 22.0 Å². The van der Waals surface area contributed by atoms with Crippen LogP contribution >= 0.6 is 31.9 Å². The first-order valence-electron chi connectivity index (χ1n) is 5.24. The molecule has 0 saturated carbocycles. The third kappa shape index (κ3) is 2.86. The number of hydrogen-bond acceptors (Lipinski definition) is 2. The molecule has 6 heteroatoms. The number of hydrogen-bond donors (Lipinski definition) is 1. The van der Waals surface area contributed by atoms with Gasteiger partial charge < -0.3 is 10.2 Å².